The Bertz CT molecular complexity index is 1010. The molecular formula is C22H19F9O4. The van der Waals surface area contributed by atoms with E-state index in [1.807, 2.05) is 6.92 Å². The maximum Gasteiger partial charge on any atom is 0.433 e. The van der Waals surface area contributed by atoms with E-state index in [-0.39, 0.29) is 36.8 Å². The van der Waals surface area contributed by atoms with Crippen molar-refractivity contribution >= 4 is 0 Å². The van der Waals surface area contributed by atoms with Gasteiger partial charge in [-0.25, -0.2) is 13.2 Å². The highest BCUT2D eigenvalue weighted by Gasteiger charge is 2.40. The van der Waals surface area contributed by atoms with E-state index in [9.17, 15) is 39.5 Å². The minimum Gasteiger partial charge on any atom is -0.480 e. The van der Waals surface area contributed by atoms with Crippen LogP contribution in [-0.2, 0) is 15.7 Å². The van der Waals surface area contributed by atoms with Gasteiger partial charge in [-0.1, -0.05) is 13.3 Å². The van der Waals surface area contributed by atoms with Crippen molar-refractivity contribution in [2.24, 2.45) is 5.92 Å². The summed E-state index contributed by atoms with van der Waals surface area (Å²) in [6.07, 6.45) is -9.30. The molecule has 194 valence electrons. The van der Waals surface area contributed by atoms with E-state index in [4.69, 9.17) is 9.47 Å². The number of benzene rings is 2. The van der Waals surface area contributed by atoms with Crippen LogP contribution in [0.4, 0.5) is 39.5 Å². The summed E-state index contributed by atoms with van der Waals surface area (Å²) in [6, 6.07) is 1.67. The Balaban J connectivity index is 1.66. The zero-order valence-electron chi connectivity index (χ0n) is 18.0. The van der Waals surface area contributed by atoms with Gasteiger partial charge >= 0.3 is 12.3 Å². The fraction of sp³-hybridized carbons (Fsp3) is 0.455. The molecule has 4 nitrogen and oxygen atoms in total. The molecule has 0 amide bonds. The third kappa shape index (κ3) is 6.51. The van der Waals surface area contributed by atoms with Gasteiger partial charge in [-0.15, -0.1) is 0 Å². The van der Waals surface area contributed by atoms with Gasteiger partial charge in [0.05, 0.1) is 13.2 Å². The van der Waals surface area contributed by atoms with Crippen molar-refractivity contribution in [2.75, 3.05) is 19.8 Å². The van der Waals surface area contributed by atoms with Crippen molar-refractivity contribution in [3.8, 4) is 11.5 Å². The van der Waals surface area contributed by atoms with Gasteiger partial charge < -0.3 is 18.9 Å². The van der Waals surface area contributed by atoms with Gasteiger partial charge in [0.1, 0.15) is 22.9 Å². The first-order valence-electron chi connectivity index (χ1n) is 10.3. The first-order chi connectivity index (χ1) is 16.3. The normalized spacial score (nSPS) is 19.0. The Kier molecular flexibility index (Phi) is 8.10. The highest BCUT2D eigenvalue weighted by molar-refractivity contribution is 5.33. The number of ether oxygens (including phenoxy) is 4. The van der Waals surface area contributed by atoms with E-state index < -0.39 is 65.5 Å². The summed E-state index contributed by atoms with van der Waals surface area (Å²) >= 11 is 0. The summed E-state index contributed by atoms with van der Waals surface area (Å²) < 4.78 is 141. The third-order valence-corrected chi connectivity index (χ3v) is 4.96. The average Bonchev–Trinajstić information content (AvgIpc) is 2.74. The van der Waals surface area contributed by atoms with Crippen LogP contribution >= 0.6 is 0 Å². The van der Waals surface area contributed by atoms with E-state index in [0.717, 1.165) is 25.0 Å². The van der Waals surface area contributed by atoms with Crippen molar-refractivity contribution in [2.45, 2.75) is 38.3 Å². The lowest BCUT2D eigenvalue weighted by Crippen LogP contribution is -2.33. The second-order valence-electron chi connectivity index (χ2n) is 7.72. The summed E-state index contributed by atoms with van der Waals surface area (Å²) in [6.45, 7) is 0.718. The number of hydrogen-bond acceptors (Lipinski definition) is 4. The van der Waals surface area contributed by atoms with E-state index in [2.05, 4.69) is 9.47 Å². The van der Waals surface area contributed by atoms with Crippen molar-refractivity contribution in [3.63, 3.8) is 0 Å². The van der Waals surface area contributed by atoms with Gasteiger partial charge in [-0.2, -0.15) is 26.3 Å². The number of halogens is 9. The van der Waals surface area contributed by atoms with E-state index in [1.54, 1.807) is 0 Å². The molecule has 0 bridgehead atoms. The topological polar surface area (TPSA) is 36.9 Å². The minimum absolute atomic E-state index is 0.0932. The lowest BCUT2D eigenvalue weighted by Gasteiger charge is -2.29. The van der Waals surface area contributed by atoms with Crippen LogP contribution in [0.5, 0.6) is 11.5 Å². The largest absolute Gasteiger partial charge is 0.480 e. The van der Waals surface area contributed by atoms with Crippen molar-refractivity contribution in [1.82, 2.24) is 0 Å². The lowest BCUT2D eigenvalue weighted by atomic mass is 10.0. The number of alkyl halides is 5. The second-order valence-corrected chi connectivity index (χ2v) is 7.72. The Morgan fingerprint density at radius 3 is 2.06 bits per heavy atom. The molecule has 0 spiro atoms. The molecule has 0 aliphatic carbocycles. The van der Waals surface area contributed by atoms with Gasteiger partial charge in [0.25, 0.3) is 0 Å². The Hall–Kier alpha value is -2.67. The molecule has 1 saturated heterocycles. The summed E-state index contributed by atoms with van der Waals surface area (Å²) in [4.78, 5) is 0. The van der Waals surface area contributed by atoms with Crippen LogP contribution in [0.25, 0.3) is 0 Å². The Morgan fingerprint density at radius 1 is 0.914 bits per heavy atom. The summed E-state index contributed by atoms with van der Waals surface area (Å²) in [5, 5.41) is 0. The third-order valence-electron chi connectivity index (χ3n) is 4.96. The molecule has 35 heavy (non-hydrogen) atoms. The SMILES string of the molecule is CCCC1COC(c2ccc(OCC(F)(F)Oc3cc(F)c(C(F)(F)F)c(F)c3)c(F)c2F)OC1. The molecule has 0 saturated carbocycles. The molecule has 1 heterocycles. The molecule has 0 atom stereocenters. The van der Waals surface area contributed by atoms with Crippen molar-refractivity contribution in [3.05, 3.63) is 58.7 Å². The van der Waals surface area contributed by atoms with Crippen LogP contribution in [0, 0.1) is 29.2 Å². The van der Waals surface area contributed by atoms with Gasteiger partial charge in [0, 0.05) is 23.6 Å². The molecule has 3 rings (SSSR count). The zero-order chi connectivity index (χ0) is 26.0. The maximum atomic E-state index is 14.5. The predicted molar refractivity (Wildman–Crippen MR) is 102 cm³/mol. The van der Waals surface area contributed by atoms with Crippen LogP contribution in [-0.4, -0.2) is 25.9 Å². The Labute approximate surface area is 193 Å². The highest BCUT2D eigenvalue weighted by Crippen LogP contribution is 2.37. The van der Waals surface area contributed by atoms with Gasteiger partial charge in [0.15, 0.2) is 24.5 Å². The molecule has 0 radical (unpaired) electrons. The molecule has 1 aliphatic rings. The minimum atomic E-state index is -5.41. The standard InChI is InChI=1S/C22H19F9O4/c1-2-3-11-8-32-20(33-9-11)13-4-5-16(19(26)18(13)25)34-10-21(27,28)35-12-6-14(23)17(15(24)7-12)22(29,30)31/h4-7,11,20H,2-3,8-10H2,1H3. The smallest absolute Gasteiger partial charge is 0.433 e. The summed E-state index contributed by atoms with van der Waals surface area (Å²) in [5.74, 6) is -9.58. The molecular weight excluding hydrogens is 499 g/mol. The quantitative estimate of drug-likeness (QED) is 0.362. The highest BCUT2D eigenvalue weighted by atomic mass is 19.4. The van der Waals surface area contributed by atoms with Gasteiger partial charge in [-0.3, -0.25) is 0 Å². The molecule has 1 fully saturated rings. The fourth-order valence-electron chi connectivity index (χ4n) is 3.38. The maximum absolute atomic E-state index is 14.5. The van der Waals surface area contributed by atoms with Crippen LogP contribution < -0.4 is 9.47 Å². The fourth-order valence-corrected chi connectivity index (χ4v) is 3.38. The van der Waals surface area contributed by atoms with E-state index in [1.165, 1.54) is 0 Å². The van der Waals surface area contributed by atoms with Crippen molar-refractivity contribution in [1.29, 1.82) is 0 Å². The van der Waals surface area contributed by atoms with E-state index in [0.29, 0.717) is 0 Å². The molecule has 13 heteroatoms. The number of hydrogen-bond donors (Lipinski definition) is 0. The first kappa shape index (κ1) is 26.9. The van der Waals surface area contributed by atoms with Gasteiger partial charge in [-0.05, 0) is 18.6 Å². The first-order valence-corrected chi connectivity index (χ1v) is 10.3. The van der Waals surface area contributed by atoms with Crippen LogP contribution in [0.3, 0.4) is 0 Å². The second kappa shape index (κ2) is 10.5. The molecule has 2 aromatic carbocycles. The van der Waals surface area contributed by atoms with Crippen LogP contribution in [0.15, 0.2) is 24.3 Å². The lowest BCUT2D eigenvalue weighted by molar-refractivity contribution is -0.207. The van der Waals surface area contributed by atoms with Gasteiger partial charge in [0.2, 0.25) is 5.82 Å². The predicted octanol–water partition coefficient (Wildman–Crippen LogP) is 6.77. The van der Waals surface area contributed by atoms with Crippen molar-refractivity contribution < 1.29 is 58.5 Å². The summed E-state index contributed by atoms with van der Waals surface area (Å²) in [7, 11) is 0. The molecule has 2 aromatic rings. The molecule has 1 aliphatic heterocycles. The number of rotatable bonds is 8. The monoisotopic (exact) mass is 518 g/mol. The molecule has 0 aromatic heterocycles. The van der Waals surface area contributed by atoms with Crippen LogP contribution in [0.2, 0.25) is 0 Å². The molecule has 0 N–H and O–H groups in total. The van der Waals surface area contributed by atoms with Crippen LogP contribution in [0.1, 0.15) is 37.2 Å². The Morgan fingerprint density at radius 2 is 1.51 bits per heavy atom. The summed E-state index contributed by atoms with van der Waals surface area (Å²) in [5.41, 5.74) is -2.60. The van der Waals surface area contributed by atoms with E-state index >= 15 is 0 Å². The molecule has 0 unspecified atom stereocenters. The zero-order valence-corrected chi connectivity index (χ0v) is 18.0. The average molecular weight is 518 g/mol.